The Kier molecular flexibility index (Phi) is 13.3. The molecule has 6 aromatic carbocycles. The average molecular weight is 888 g/mol. The number of ether oxygens (including phenoxy) is 4. The van der Waals surface area contributed by atoms with Gasteiger partial charge in [0, 0.05) is 49.9 Å². The van der Waals surface area contributed by atoms with E-state index in [0.29, 0.717) is 25.0 Å². The van der Waals surface area contributed by atoms with E-state index < -0.39 is 0 Å². The van der Waals surface area contributed by atoms with E-state index in [4.69, 9.17) is 47.1 Å². The Bertz CT molecular complexity index is 2680. The van der Waals surface area contributed by atoms with Crippen molar-refractivity contribution in [1.29, 1.82) is 0 Å². The van der Waals surface area contributed by atoms with Crippen LogP contribution in [-0.2, 0) is 24.1 Å². The number of thioether (sulfide) groups is 2. The zero-order valence-corrected chi connectivity index (χ0v) is 36.6. The quantitative estimate of drug-likeness (QED) is 0.114. The molecule has 0 saturated heterocycles. The van der Waals surface area contributed by atoms with Gasteiger partial charge in [0.25, 0.3) is 0 Å². The van der Waals surface area contributed by atoms with Gasteiger partial charge in [-0.25, -0.2) is 0 Å². The lowest BCUT2D eigenvalue weighted by Crippen LogP contribution is -2.41. The topological polar surface area (TPSA) is 54.2 Å². The third-order valence-corrected chi connectivity index (χ3v) is 14.0. The molecule has 3 aliphatic rings. The molecular formula is C51H48Cl2N2O4S2. The number of fused-ring (bicyclic) bond motifs is 10. The largest absolute Gasteiger partial charge is 0.497 e. The van der Waals surface area contributed by atoms with E-state index in [1.165, 1.54) is 65.5 Å². The molecule has 0 amide bonds. The Balaban J connectivity index is 0.000000166. The summed E-state index contributed by atoms with van der Waals surface area (Å²) < 4.78 is 24.8. The van der Waals surface area contributed by atoms with E-state index >= 15 is 0 Å². The molecule has 0 bridgehead atoms. The Labute approximate surface area is 377 Å². The first kappa shape index (κ1) is 42.7. The van der Waals surface area contributed by atoms with Crippen molar-refractivity contribution in [3.05, 3.63) is 161 Å². The molecule has 1 atom stereocenters. The molecule has 10 heteroatoms. The SMILES string of the molecule is C.COc1ccc2c(c1)C1(Cc3ccc(OCCCl)cc3)CSc3ccccc3C1=N2.COc1ccc2c(c1)c1c(n2Cc2ccc(OCCCl)cc2)-c2ccccc2SC1. The minimum atomic E-state index is -0.179. The van der Waals surface area contributed by atoms with Crippen molar-refractivity contribution >= 4 is 69.0 Å². The minimum Gasteiger partial charge on any atom is -0.497 e. The van der Waals surface area contributed by atoms with E-state index in [2.05, 4.69) is 102 Å². The summed E-state index contributed by atoms with van der Waals surface area (Å²) in [5.41, 5.74) is 12.3. The molecule has 6 nitrogen and oxygen atoms in total. The predicted molar refractivity (Wildman–Crippen MR) is 256 cm³/mol. The van der Waals surface area contributed by atoms with E-state index in [9.17, 15) is 0 Å². The molecule has 10 rings (SSSR count). The number of halogens is 2. The Hall–Kier alpha value is -4.99. The van der Waals surface area contributed by atoms with Crippen LogP contribution in [0.3, 0.4) is 0 Å². The minimum absolute atomic E-state index is 0. The van der Waals surface area contributed by atoms with E-state index in [0.717, 1.165) is 53.2 Å². The maximum Gasteiger partial charge on any atom is 0.119 e. The third-order valence-electron chi connectivity index (χ3n) is 11.3. The second kappa shape index (κ2) is 19.0. The fourth-order valence-corrected chi connectivity index (χ4v) is 11.0. The summed E-state index contributed by atoms with van der Waals surface area (Å²) in [6, 6.07) is 46.6. The second-order valence-corrected chi connectivity index (χ2v) is 17.6. The molecule has 1 aromatic heterocycles. The summed E-state index contributed by atoms with van der Waals surface area (Å²) in [6.07, 6.45) is 0.878. The molecule has 4 heterocycles. The van der Waals surface area contributed by atoms with Gasteiger partial charge in [-0.05, 0) is 101 Å². The van der Waals surface area contributed by atoms with Crippen LogP contribution in [0.2, 0.25) is 0 Å². The first-order valence-electron chi connectivity index (χ1n) is 20.0. The number of alkyl halides is 2. The van der Waals surface area contributed by atoms with Crippen LogP contribution in [0.4, 0.5) is 5.69 Å². The molecule has 312 valence electrons. The second-order valence-electron chi connectivity index (χ2n) is 14.8. The molecule has 0 radical (unpaired) electrons. The first-order chi connectivity index (χ1) is 29.5. The van der Waals surface area contributed by atoms with Crippen molar-refractivity contribution in [1.82, 2.24) is 4.57 Å². The van der Waals surface area contributed by atoms with Crippen LogP contribution in [0.15, 0.2) is 148 Å². The maximum atomic E-state index is 5.73. The molecule has 0 fully saturated rings. The van der Waals surface area contributed by atoms with Crippen LogP contribution >= 0.6 is 46.7 Å². The van der Waals surface area contributed by atoms with Gasteiger partial charge in [-0.1, -0.05) is 68.1 Å². The van der Waals surface area contributed by atoms with Crippen molar-refractivity contribution < 1.29 is 18.9 Å². The summed E-state index contributed by atoms with van der Waals surface area (Å²) in [4.78, 5) is 7.77. The van der Waals surface area contributed by atoms with E-state index in [1.807, 2.05) is 59.9 Å². The lowest BCUT2D eigenvalue weighted by molar-refractivity contribution is 0.342. The van der Waals surface area contributed by atoms with E-state index in [1.54, 1.807) is 14.2 Å². The summed E-state index contributed by atoms with van der Waals surface area (Å²) >= 11 is 15.3. The number of hydrogen-bond acceptors (Lipinski definition) is 7. The van der Waals surface area contributed by atoms with Crippen molar-refractivity contribution in [2.45, 2.75) is 41.4 Å². The van der Waals surface area contributed by atoms with Gasteiger partial charge in [0.2, 0.25) is 0 Å². The van der Waals surface area contributed by atoms with Gasteiger partial charge < -0.3 is 23.5 Å². The summed E-state index contributed by atoms with van der Waals surface area (Å²) in [5, 5.41) is 1.27. The van der Waals surface area contributed by atoms with Crippen molar-refractivity contribution in [2.24, 2.45) is 4.99 Å². The van der Waals surface area contributed by atoms with Gasteiger partial charge in [0.1, 0.15) is 36.2 Å². The van der Waals surface area contributed by atoms with Crippen molar-refractivity contribution in [3.63, 3.8) is 0 Å². The highest BCUT2D eigenvalue weighted by Crippen LogP contribution is 2.52. The van der Waals surface area contributed by atoms with Crippen LogP contribution in [0, 0.1) is 0 Å². The molecule has 0 aliphatic carbocycles. The summed E-state index contributed by atoms with van der Waals surface area (Å²) in [6.45, 7) is 1.84. The Morgan fingerprint density at radius 1 is 0.656 bits per heavy atom. The molecule has 0 N–H and O–H groups in total. The van der Waals surface area contributed by atoms with Crippen molar-refractivity contribution in [2.75, 3.05) is 44.9 Å². The number of methoxy groups -OCH3 is 2. The number of hydrogen-bond donors (Lipinski definition) is 0. The molecule has 3 aliphatic heterocycles. The normalized spacial score (nSPS) is 15.4. The van der Waals surface area contributed by atoms with Gasteiger partial charge in [-0.3, -0.25) is 4.99 Å². The van der Waals surface area contributed by atoms with Crippen molar-refractivity contribution in [3.8, 4) is 34.3 Å². The monoisotopic (exact) mass is 886 g/mol. The van der Waals surface area contributed by atoms with Gasteiger partial charge in [0.15, 0.2) is 0 Å². The summed E-state index contributed by atoms with van der Waals surface area (Å²) in [5.74, 6) is 6.37. The van der Waals surface area contributed by atoms with Gasteiger partial charge in [-0.15, -0.1) is 46.7 Å². The van der Waals surface area contributed by atoms with E-state index in [-0.39, 0.29) is 12.8 Å². The Morgan fingerprint density at radius 3 is 1.92 bits per heavy atom. The van der Waals surface area contributed by atoms with Gasteiger partial charge in [0.05, 0.1) is 48.5 Å². The number of aliphatic imine (C=N–C) groups is 1. The van der Waals surface area contributed by atoms with Gasteiger partial charge >= 0.3 is 0 Å². The number of rotatable bonds is 12. The fraction of sp³-hybridized carbons (Fsp3) is 0.235. The zero-order valence-electron chi connectivity index (χ0n) is 33.5. The molecule has 0 saturated carbocycles. The van der Waals surface area contributed by atoms with Crippen LogP contribution in [0.1, 0.15) is 35.2 Å². The summed E-state index contributed by atoms with van der Waals surface area (Å²) in [7, 11) is 3.44. The van der Waals surface area contributed by atoms with Crippen LogP contribution < -0.4 is 18.9 Å². The lowest BCUT2D eigenvalue weighted by Gasteiger charge is -2.36. The fourth-order valence-electron chi connectivity index (χ4n) is 8.49. The molecular weight excluding hydrogens is 840 g/mol. The third kappa shape index (κ3) is 8.48. The molecule has 61 heavy (non-hydrogen) atoms. The highest BCUT2D eigenvalue weighted by atomic mass is 35.5. The molecule has 7 aromatic rings. The number of aromatic nitrogens is 1. The van der Waals surface area contributed by atoms with Crippen LogP contribution in [-0.4, -0.2) is 55.2 Å². The van der Waals surface area contributed by atoms with Gasteiger partial charge in [-0.2, -0.15) is 0 Å². The highest BCUT2D eigenvalue weighted by molar-refractivity contribution is 7.99. The standard InChI is InChI=1S/2C25H22ClNO2S.CH4/c1-28-19-10-11-23-21(14-19)22-16-30-24-5-3-2-4-20(24)25(22)27(23)15-17-6-8-18(9-7-17)29-13-12-26;1-28-19-10-11-22-21(14-19)25(15-17-6-8-18(9-7-17)29-13-12-26)16-30-23-5-3-2-4-20(23)24(25)27-22;/h2*2-11,14H,12-13,15-16H2,1H3;1H4. The van der Waals surface area contributed by atoms with Crippen LogP contribution in [0.5, 0.6) is 23.0 Å². The Morgan fingerprint density at radius 2 is 1.25 bits per heavy atom. The average Bonchev–Trinajstić information content (AvgIpc) is 3.80. The number of nitrogens with zero attached hydrogens (tertiary/aromatic N) is 2. The molecule has 1 unspecified atom stereocenters. The predicted octanol–water partition coefficient (Wildman–Crippen LogP) is 13.3. The van der Waals surface area contributed by atoms with Crippen LogP contribution in [0.25, 0.3) is 22.2 Å². The highest BCUT2D eigenvalue weighted by Gasteiger charge is 2.47. The maximum absolute atomic E-state index is 5.73. The zero-order chi connectivity index (χ0) is 41.1. The first-order valence-corrected chi connectivity index (χ1v) is 23.0. The number of benzene rings is 6. The smallest absolute Gasteiger partial charge is 0.119 e. The molecule has 0 spiro atoms. The lowest BCUT2D eigenvalue weighted by atomic mass is 9.72.